The SMILES string of the molecule is Nc1c(C=O)cc(-c2cncc3ccccc23)cc1C(F)(F)F. The highest BCUT2D eigenvalue weighted by Gasteiger charge is 2.34. The second kappa shape index (κ2) is 5.39. The van der Waals surface area contributed by atoms with Gasteiger partial charge in [0, 0.05) is 28.9 Å². The average molecular weight is 316 g/mol. The van der Waals surface area contributed by atoms with Crippen LogP contribution in [0.1, 0.15) is 15.9 Å². The van der Waals surface area contributed by atoms with E-state index in [1.54, 1.807) is 18.3 Å². The number of nitrogens with zero attached hydrogens (tertiary/aromatic N) is 1. The van der Waals surface area contributed by atoms with Crippen LogP contribution in [0.4, 0.5) is 18.9 Å². The first-order valence-corrected chi connectivity index (χ1v) is 6.71. The van der Waals surface area contributed by atoms with Crippen LogP contribution in [0.15, 0.2) is 48.8 Å². The summed E-state index contributed by atoms with van der Waals surface area (Å²) in [6, 6.07) is 9.50. The van der Waals surface area contributed by atoms with Crippen LogP contribution in [0.5, 0.6) is 0 Å². The molecule has 0 aliphatic rings. The van der Waals surface area contributed by atoms with Gasteiger partial charge in [-0.15, -0.1) is 0 Å². The Morgan fingerprint density at radius 2 is 1.83 bits per heavy atom. The second-order valence-electron chi connectivity index (χ2n) is 5.05. The summed E-state index contributed by atoms with van der Waals surface area (Å²) < 4.78 is 39.5. The first kappa shape index (κ1) is 15.0. The topological polar surface area (TPSA) is 56.0 Å². The van der Waals surface area contributed by atoms with E-state index >= 15 is 0 Å². The molecule has 2 N–H and O–H groups in total. The minimum Gasteiger partial charge on any atom is -0.398 e. The summed E-state index contributed by atoms with van der Waals surface area (Å²) in [5, 5.41) is 1.54. The number of pyridine rings is 1. The lowest BCUT2D eigenvalue weighted by atomic mass is 9.96. The average Bonchev–Trinajstić information content (AvgIpc) is 2.53. The van der Waals surface area contributed by atoms with Gasteiger partial charge in [0.15, 0.2) is 6.29 Å². The van der Waals surface area contributed by atoms with E-state index in [2.05, 4.69) is 4.98 Å². The smallest absolute Gasteiger partial charge is 0.398 e. The number of halogens is 3. The molecule has 0 unspecified atom stereocenters. The molecule has 0 spiro atoms. The molecule has 1 heterocycles. The molecule has 2 aromatic carbocycles. The fraction of sp³-hybridized carbons (Fsp3) is 0.0588. The second-order valence-corrected chi connectivity index (χ2v) is 5.05. The molecule has 6 heteroatoms. The maximum absolute atomic E-state index is 13.2. The minimum atomic E-state index is -4.64. The molecule has 0 fully saturated rings. The molecule has 1 aromatic heterocycles. The number of carbonyl (C=O) groups excluding carboxylic acids is 1. The molecule has 3 nitrogen and oxygen atoms in total. The Labute approximate surface area is 129 Å². The highest BCUT2D eigenvalue weighted by atomic mass is 19.4. The number of nitrogen functional groups attached to an aromatic ring is 1. The molecule has 0 amide bonds. The van der Waals surface area contributed by atoms with Gasteiger partial charge in [-0.3, -0.25) is 9.78 Å². The molecule has 0 saturated carbocycles. The summed E-state index contributed by atoms with van der Waals surface area (Å²) >= 11 is 0. The molecular formula is C17H11F3N2O. The van der Waals surface area contributed by atoms with E-state index in [0.29, 0.717) is 11.8 Å². The van der Waals surface area contributed by atoms with Gasteiger partial charge in [0.25, 0.3) is 0 Å². The van der Waals surface area contributed by atoms with Gasteiger partial charge in [-0.25, -0.2) is 0 Å². The number of aldehydes is 1. The van der Waals surface area contributed by atoms with Crippen LogP contribution in [0.25, 0.3) is 21.9 Å². The minimum absolute atomic E-state index is 0.192. The lowest BCUT2D eigenvalue weighted by Crippen LogP contribution is -2.11. The summed E-state index contributed by atoms with van der Waals surface area (Å²) in [5.74, 6) is 0. The summed E-state index contributed by atoms with van der Waals surface area (Å²) in [6.45, 7) is 0. The Morgan fingerprint density at radius 3 is 2.52 bits per heavy atom. The third-order valence-corrected chi connectivity index (χ3v) is 3.62. The Morgan fingerprint density at radius 1 is 1.09 bits per heavy atom. The van der Waals surface area contributed by atoms with Crippen LogP contribution in [-0.4, -0.2) is 11.3 Å². The van der Waals surface area contributed by atoms with E-state index in [1.807, 2.05) is 12.1 Å². The van der Waals surface area contributed by atoms with Crippen molar-refractivity contribution in [2.24, 2.45) is 0 Å². The van der Waals surface area contributed by atoms with Crippen LogP contribution in [-0.2, 0) is 6.18 Å². The van der Waals surface area contributed by atoms with Crippen molar-refractivity contribution in [2.45, 2.75) is 6.18 Å². The standard InChI is InChI=1S/C17H11F3N2O/c18-17(19,20)15-6-11(5-12(9-23)16(15)21)14-8-22-7-10-3-1-2-4-13(10)14/h1-9H,21H2. The number of nitrogens with two attached hydrogens (primary N) is 1. The molecule has 3 rings (SSSR count). The maximum Gasteiger partial charge on any atom is 0.418 e. The fourth-order valence-corrected chi connectivity index (χ4v) is 2.51. The summed E-state index contributed by atoms with van der Waals surface area (Å²) in [5.41, 5.74) is 4.45. The predicted octanol–water partition coefficient (Wildman–Crippen LogP) is 4.32. The van der Waals surface area contributed by atoms with Gasteiger partial charge in [-0.05, 0) is 23.1 Å². The first-order valence-electron chi connectivity index (χ1n) is 6.71. The number of benzene rings is 2. The molecule has 0 atom stereocenters. The van der Waals surface area contributed by atoms with Crippen molar-refractivity contribution in [3.8, 4) is 11.1 Å². The molecule has 0 bridgehead atoms. The van der Waals surface area contributed by atoms with Crippen molar-refractivity contribution >= 4 is 22.7 Å². The zero-order chi connectivity index (χ0) is 16.6. The van der Waals surface area contributed by atoms with Gasteiger partial charge < -0.3 is 5.73 Å². The molecular weight excluding hydrogens is 305 g/mol. The summed E-state index contributed by atoms with van der Waals surface area (Å²) in [7, 11) is 0. The van der Waals surface area contributed by atoms with Gasteiger partial charge in [0.2, 0.25) is 0 Å². The van der Waals surface area contributed by atoms with Crippen molar-refractivity contribution in [3.05, 3.63) is 59.9 Å². The van der Waals surface area contributed by atoms with Crippen molar-refractivity contribution in [3.63, 3.8) is 0 Å². The van der Waals surface area contributed by atoms with Crippen LogP contribution in [0, 0.1) is 0 Å². The quantitative estimate of drug-likeness (QED) is 0.566. The van der Waals surface area contributed by atoms with Gasteiger partial charge in [-0.1, -0.05) is 24.3 Å². The molecule has 0 aliphatic carbocycles. The molecule has 3 aromatic rings. The van der Waals surface area contributed by atoms with Gasteiger partial charge >= 0.3 is 6.18 Å². The number of hydrogen-bond donors (Lipinski definition) is 1. The molecule has 0 radical (unpaired) electrons. The Bertz CT molecular complexity index is 899. The number of rotatable bonds is 2. The van der Waals surface area contributed by atoms with E-state index in [4.69, 9.17) is 5.73 Å². The number of aromatic nitrogens is 1. The van der Waals surface area contributed by atoms with Crippen LogP contribution >= 0.6 is 0 Å². The Balaban J connectivity index is 2.33. The lowest BCUT2D eigenvalue weighted by molar-refractivity contribution is -0.136. The van der Waals surface area contributed by atoms with E-state index in [1.165, 1.54) is 12.3 Å². The van der Waals surface area contributed by atoms with E-state index < -0.39 is 17.4 Å². The lowest BCUT2D eigenvalue weighted by Gasteiger charge is -2.15. The number of hydrogen-bond acceptors (Lipinski definition) is 3. The van der Waals surface area contributed by atoms with Gasteiger partial charge in [0.1, 0.15) is 0 Å². The van der Waals surface area contributed by atoms with Crippen LogP contribution in [0.3, 0.4) is 0 Å². The molecule has 23 heavy (non-hydrogen) atoms. The Hall–Kier alpha value is -2.89. The zero-order valence-corrected chi connectivity index (χ0v) is 11.8. The zero-order valence-electron chi connectivity index (χ0n) is 11.8. The van der Waals surface area contributed by atoms with Gasteiger partial charge in [0.05, 0.1) is 11.3 Å². The third kappa shape index (κ3) is 2.63. The van der Waals surface area contributed by atoms with E-state index in [9.17, 15) is 18.0 Å². The van der Waals surface area contributed by atoms with Gasteiger partial charge in [-0.2, -0.15) is 13.2 Å². The number of carbonyl (C=O) groups is 1. The Kier molecular flexibility index (Phi) is 3.52. The fourth-order valence-electron chi connectivity index (χ4n) is 2.51. The third-order valence-electron chi connectivity index (χ3n) is 3.62. The number of anilines is 1. The summed E-state index contributed by atoms with van der Waals surface area (Å²) in [6.07, 6.45) is -1.22. The van der Waals surface area contributed by atoms with E-state index in [-0.39, 0.29) is 11.1 Å². The summed E-state index contributed by atoms with van der Waals surface area (Å²) in [4.78, 5) is 15.1. The van der Waals surface area contributed by atoms with Crippen molar-refractivity contribution in [1.82, 2.24) is 4.98 Å². The van der Waals surface area contributed by atoms with Crippen LogP contribution < -0.4 is 5.73 Å². The predicted molar refractivity (Wildman–Crippen MR) is 82.0 cm³/mol. The highest BCUT2D eigenvalue weighted by Crippen LogP contribution is 2.39. The first-order chi connectivity index (χ1) is 10.9. The number of alkyl halides is 3. The van der Waals surface area contributed by atoms with E-state index in [0.717, 1.165) is 16.8 Å². The largest absolute Gasteiger partial charge is 0.418 e. The molecule has 0 aliphatic heterocycles. The monoisotopic (exact) mass is 316 g/mol. The van der Waals surface area contributed by atoms with Crippen molar-refractivity contribution in [1.29, 1.82) is 0 Å². The maximum atomic E-state index is 13.2. The molecule has 0 saturated heterocycles. The van der Waals surface area contributed by atoms with Crippen molar-refractivity contribution < 1.29 is 18.0 Å². The molecule has 116 valence electrons. The van der Waals surface area contributed by atoms with Crippen LogP contribution in [0.2, 0.25) is 0 Å². The normalized spacial score (nSPS) is 11.6. The number of fused-ring (bicyclic) bond motifs is 1. The van der Waals surface area contributed by atoms with Crippen molar-refractivity contribution in [2.75, 3.05) is 5.73 Å². The highest BCUT2D eigenvalue weighted by molar-refractivity contribution is 5.98.